The Bertz CT molecular complexity index is 537. The number of hydrogen-bond donors (Lipinski definition) is 0. The van der Waals surface area contributed by atoms with Gasteiger partial charge in [-0.15, -0.1) is 0 Å². The fraction of sp³-hybridized carbons (Fsp3) is 0.412. The number of benzene rings is 2. The first-order valence-corrected chi connectivity index (χ1v) is 6.61. The summed E-state index contributed by atoms with van der Waals surface area (Å²) >= 11 is 0. The summed E-state index contributed by atoms with van der Waals surface area (Å²) in [5.41, 5.74) is 1.57. The summed E-state index contributed by atoms with van der Waals surface area (Å²) in [5.74, 6) is 0. The van der Waals surface area contributed by atoms with E-state index in [9.17, 15) is 0 Å². The summed E-state index contributed by atoms with van der Waals surface area (Å²) in [6.45, 7) is 9.04. The van der Waals surface area contributed by atoms with Crippen molar-refractivity contribution < 1.29 is 0 Å². The maximum atomic E-state index is 2.41. The standard InChI is InChI=1S/C17H23N/c1-13(18(5)17(2,3)4)15-11-10-14-8-6-7-9-16(14)12-15/h6-13H,1-5H3. The highest BCUT2D eigenvalue weighted by molar-refractivity contribution is 5.83. The van der Waals surface area contributed by atoms with E-state index in [0.717, 1.165) is 0 Å². The zero-order valence-corrected chi connectivity index (χ0v) is 12.1. The number of fused-ring (bicyclic) bond motifs is 1. The van der Waals surface area contributed by atoms with Crippen molar-refractivity contribution in [3.63, 3.8) is 0 Å². The summed E-state index contributed by atoms with van der Waals surface area (Å²) in [6.07, 6.45) is 0. The minimum atomic E-state index is 0.186. The predicted molar refractivity (Wildman–Crippen MR) is 79.9 cm³/mol. The van der Waals surface area contributed by atoms with E-state index in [0.29, 0.717) is 6.04 Å². The van der Waals surface area contributed by atoms with Gasteiger partial charge in [0.2, 0.25) is 0 Å². The van der Waals surface area contributed by atoms with E-state index in [1.165, 1.54) is 16.3 Å². The van der Waals surface area contributed by atoms with Crippen molar-refractivity contribution >= 4 is 10.8 Å². The maximum absolute atomic E-state index is 2.41. The molecule has 1 atom stereocenters. The lowest BCUT2D eigenvalue weighted by molar-refractivity contribution is 0.126. The molecule has 1 unspecified atom stereocenters. The highest BCUT2D eigenvalue weighted by Gasteiger charge is 2.23. The molecule has 0 N–H and O–H groups in total. The lowest BCUT2D eigenvalue weighted by Gasteiger charge is -2.37. The molecular formula is C17H23N. The van der Waals surface area contributed by atoms with Crippen molar-refractivity contribution in [3.8, 4) is 0 Å². The molecule has 1 heteroatoms. The van der Waals surface area contributed by atoms with Gasteiger partial charge in [0.1, 0.15) is 0 Å². The van der Waals surface area contributed by atoms with Crippen LogP contribution in [0, 0.1) is 0 Å². The normalized spacial score (nSPS) is 14.1. The zero-order valence-electron chi connectivity index (χ0n) is 12.1. The second-order valence-corrected chi connectivity index (χ2v) is 6.06. The molecule has 0 amide bonds. The van der Waals surface area contributed by atoms with E-state index < -0.39 is 0 Å². The van der Waals surface area contributed by atoms with Gasteiger partial charge in [-0.3, -0.25) is 4.90 Å². The predicted octanol–water partition coefficient (Wildman–Crippen LogP) is 4.63. The van der Waals surface area contributed by atoms with Gasteiger partial charge in [-0.05, 0) is 57.1 Å². The van der Waals surface area contributed by atoms with Crippen LogP contribution in [0.3, 0.4) is 0 Å². The van der Waals surface area contributed by atoms with Crippen molar-refractivity contribution in [2.24, 2.45) is 0 Å². The molecule has 0 radical (unpaired) electrons. The van der Waals surface area contributed by atoms with Gasteiger partial charge < -0.3 is 0 Å². The van der Waals surface area contributed by atoms with Crippen molar-refractivity contribution in [2.75, 3.05) is 7.05 Å². The van der Waals surface area contributed by atoms with Crippen LogP contribution in [0.5, 0.6) is 0 Å². The third-order valence-electron chi connectivity index (χ3n) is 3.89. The maximum Gasteiger partial charge on any atom is 0.0322 e. The van der Waals surface area contributed by atoms with E-state index >= 15 is 0 Å². The summed E-state index contributed by atoms with van der Waals surface area (Å²) < 4.78 is 0. The summed E-state index contributed by atoms with van der Waals surface area (Å²) in [6, 6.07) is 15.7. The van der Waals surface area contributed by atoms with Gasteiger partial charge in [-0.2, -0.15) is 0 Å². The lowest BCUT2D eigenvalue weighted by atomic mass is 9.98. The first-order chi connectivity index (χ1) is 8.39. The average Bonchev–Trinajstić information content (AvgIpc) is 2.35. The van der Waals surface area contributed by atoms with Gasteiger partial charge in [-0.25, -0.2) is 0 Å². The molecule has 0 aliphatic carbocycles. The summed E-state index contributed by atoms with van der Waals surface area (Å²) in [5, 5.41) is 2.64. The molecule has 2 aromatic carbocycles. The minimum absolute atomic E-state index is 0.186. The molecule has 18 heavy (non-hydrogen) atoms. The SMILES string of the molecule is CC(c1ccc2ccccc2c1)N(C)C(C)(C)C. The molecule has 0 aliphatic rings. The summed E-state index contributed by atoms with van der Waals surface area (Å²) in [7, 11) is 2.19. The Kier molecular flexibility index (Phi) is 3.45. The largest absolute Gasteiger partial charge is 0.295 e. The Balaban J connectivity index is 2.36. The van der Waals surface area contributed by atoms with Gasteiger partial charge in [0.25, 0.3) is 0 Å². The topological polar surface area (TPSA) is 3.24 Å². The van der Waals surface area contributed by atoms with Crippen LogP contribution in [0.25, 0.3) is 10.8 Å². The molecule has 96 valence electrons. The summed E-state index contributed by atoms with van der Waals surface area (Å²) in [4.78, 5) is 2.41. The van der Waals surface area contributed by atoms with Crippen molar-refractivity contribution in [1.29, 1.82) is 0 Å². The molecule has 0 aliphatic heterocycles. The van der Waals surface area contributed by atoms with Gasteiger partial charge in [0, 0.05) is 11.6 Å². The van der Waals surface area contributed by atoms with Crippen molar-refractivity contribution in [3.05, 3.63) is 48.0 Å². The van der Waals surface area contributed by atoms with Crippen LogP contribution in [0.4, 0.5) is 0 Å². The molecule has 0 bridgehead atoms. The van der Waals surface area contributed by atoms with E-state index in [-0.39, 0.29) is 5.54 Å². The van der Waals surface area contributed by atoms with Crippen LogP contribution in [-0.2, 0) is 0 Å². The van der Waals surface area contributed by atoms with E-state index in [1.807, 2.05) is 0 Å². The van der Waals surface area contributed by atoms with E-state index in [1.54, 1.807) is 0 Å². The quantitative estimate of drug-likeness (QED) is 0.741. The fourth-order valence-corrected chi connectivity index (χ4v) is 2.27. The molecule has 0 saturated heterocycles. The average molecular weight is 241 g/mol. The van der Waals surface area contributed by atoms with Gasteiger partial charge in [-0.1, -0.05) is 36.4 Å². The fourth-order valence-electron chi connectivity index (χ4n) is 2.27. The number of rotatable bonds is 2. The van der Waals surface area contributed by atoms with Crippen molar-refractivity contribution in [1.82, 2.24) is 4.90 Å². The number of hydrogen-bond acceptors (Lipinski definition) is 1. The van der Waals surface area contributed by atoms with Crippen LogP contribution < -0.4 is 0 Å². The smallest absolute Gasteiger partial charge is 0.0322 e. The molecular weight excluding hydrogens is 218 g/mol. The molecule has 1 nitrogen and oxygen atoms in total. The number of nitrogens with zero attached hydrogens (tertiary/aromatic N) is 1. The molecule has 2 aromatic rings. The third kappa shape index (κ3) is 2.56. The highest BCUT2D eigenvalue weighted by Crippen LogP contribution is 2.28. The van der Waals surface area contributed by atoms with Gasteiger partial charge in [0.05, 0.1) is 0 Å². The van der Waals surface area contributed by atoms with Gasteiger partial charge in [0.15, 0.2) is 0 Å². The molecule has 2 rings (SSSR count). The van der Waals surface area contributed by atoms with Gasteiger partial charge >= 0.3 is 0 Å². The Hall–Kier alpha value is -1.34. The molecule has 0 heterocycles. The first-order valence-electron chi connectivity index (χ1n) is 6.61. The lowest BCUT2D eigenvalue weighted by Crippen LogP contribution is -2.39. The zero-order chi connectivity index (χ0) is 13.3. The Morgan fingerprint density at radius 2 is 1.56 bits per heavy atom. The van der Waals surface area contributed by atoms with Crippen LogP contribution in [-0.4, -0.2) is 17.5 Å². The van der Waals surface area contributed by atoms with E-state index in [2.05, 4.69) is 82.1 Å². The molecule has 0 fully saturated rings. The molecule has 0 saturated carbocycles. The Morgan fingerprint density at radius 3 is 2.17 bits per heavy atom. The van der Waals surface area contributed by atoms with E-state index in [4.69, 9.17) is 0 Å². The van der Waals surface area contributed by atoms with Crippen molar-refractivity contribution in [2.45, 2.75) is 39.3 Å². The van der Waals surface area contributed by atoms with Crippen LogP contribution in [0.15, 0.2) is 42.5 Å². The Labute approximate surface area is 110 Å². The first kappa shape index (κ1) is 13.1. The molecule has 0 spiro atoms. The second kappa shape index (κ2) is 4.74. The highest BCUT2D eigenvalue weighted by atomic mass is 15.2. The molecule has 0 aromatic heterocycles. The van der Waals surface area contributed by atoms with Crippen LogP contribution in [0.2, 0.25) is 0 Å². The van der Waals surface area contributed by atoms with Crippen LogP contribution in [0.1, 0.15) is 39.3 Å². The monoisotopic (exact) mass is 241 g/mol. The minimum Gasteiger partial charge on any atom is -0.295 e. The Morgan fingerprint density at radius 1 is 0.944 bits per heavy atom. The van der Waals surface area contributed by atoms with Crippen LogP contribution >= 0.6 is 0 Å². The second-order valence-electron chi connectivity index (χ2n) is 6.06. The third-order valence-corrected chi connectivity index (χ3v) is 3.89.